The van der Waals surface area contributed by atoms with Gasteiger partial charge < -0.3 is 4.90 Å². The number of rotatable bonds is 4. The summed E-state index contributed by atoms with van der Waals surface area (Å²) in [6.45, 7) is 2.12. The van der Waals surface area contributed by atoms with Crippen LogP contribution in [-0.4, -0.2) is 41.9 Å². The summed E-state index contributed by atoms with van der Waals surface area (Å²) in [6, 6.07) is 20.7. The van der Waals surface area contributed by atoms with Crippen molar-refractivity contribution in [3.05, 3.63) is 106 Å². The van der Waals surface area contributed by atoms with Crippen molar-refractivity contribution in [3.63, 3.8) is 0 Å². The fraction of sp³-hybridized carbons (Fsp3) is 0.208. The van der Waals surface area contributed by atoms with Crippen LogP contribution in [0.1, 0.15) is 27.5 Å². The molecular weight excluding hydrogens is 406 g/mol. The van der Waals surface area contributed by atoms with Crippen LogP contribution in [0.25, 0.3) is 0 Å². The second-order valence-corrected chi connectivity index (χ2v) is 7.70. The van der Waals surface area contributed by atoms with Gasteiger partial charge in [-0.1, -0.05) is 60.1 Å². The highest BCUT2D eigenvalue weighted by molar-refractivity contribution is 6.33. The molecule has 1 aliphatic rings. The van der Waals surface area contributed by atoms with Gasteiger partial charge in [-0.3, -0.25) is 9.69 Å². The van der Waals surface area contributed by atoms with Gasteiger partial charge in [-0.2, -0.15) is 0 Å². The molecule has 1 heterocycles. The minimum absolute atomic E-state index is 0.0545. The molecule has 0 unspecified atom stereocenters. The van der Waals surface area contributed by atoms with Gasteiger partial charge in [0.05, 0.1) is 16.6 Å². The van der Waals surface area contributed by atoms with Crippen LogP contribution in [0.15, 0.2) is 72.8 Å². The smallest absolute Gasteiger partial charge is 0.258 e. The Hall–Kier alpha value is -2.76. The van der Waals surface area contributed by atoms with Crippen LogP contribution in [0.2, 0.25) is 5.02 Å². The van der Waals surface area contributed by atoms with Gasteiger partial charge in [-0.05, 0) is 35.4 Å². The third-order valence-corrected chi connectivity index (χ3v) is 5.76. The highest BCUT2D eigenvalue weighted by Gasteiger charge is 2.30. The van der Waals surface area contributed by atoms with E-state index in [9.17, 15) is 13.6 Å². The molecule has 1 amide bonds. The van der Waals surface area contributed by atoms with E-state index in [1.54, 1.807) is 17.0 Å². The van der Waals surface area contributed by atoms with Crippen LogP contribution in [0, 0.1) is 11.6 Å². The molecule has 0 saturated carbocycles. The number of halogens is 3. The van der Waals surface area contributed by atoms with Crippen molar-refractivity contribution in [2.24, 2.45) is 0 Å². The highest BCUT2D eigenvalue weighted by atomic mass is 35.5. The van der Waals surface area contributed by atoms with Crippen LogP contribution in [0.3, 0.4) is 0 Å². The molecule has 3 aromatic carbocycles. The Kier molecular flexibility index (Phi) is 6.11. The molecule has 1 saturated heterocycles. The van der Waals surface area contributed by atoms with Crippen molar-refractivity contribution in [2.45, 2.75) is 6.04 Å². The summed E-state index contributed by atoms with van der Waals surface area (Å²) in [4.78, 5) is 16.7. The Morgan fingerprint density at radius 1 is 0.800 bits per heavy atom. The maximum Gasteiger partial charge on any atom is 0.258 e. The molecule has 30 heavy (non-hydrogen) atoms. The summed E-state index contributed by atoms with van der Waals surface area (Å²) in [6.07, 6.45) is 0. The second kappa shape index (κ2) is 8.94. The zero-order valence-electron chi connectivity index (χ0n) is 16.3. The second-order valence-electron chi connectivity index (χ2n) is 7.29. The lowest BCUT2D eigenvalue weighted by molar-refractivity contribution is 0.0593. The number of amides is 1. The molecule has 0 bridgehead atoms. The molecule has 0 aromatic heterocycles. The first kappa shape index (κ1) is 20.5. The van der Waals surface area contributed by atoms with Crippen LogP contribution in [0.5, 0.6) is 0 Å². The molecule has 3 aromatic rings. The minimum Gasteiger partial charge on any atom is -0.336 e. The summed E-state index contributed by atoms with van der Waals surface area (Å²) in [5.41, 5.74) is 2.01. The normalized spacial score (nSPS) is 15.8. The molecule has 0 aliphatic carbocycles. The number of nitrogens with zero attached hydrogens (tertiary/aromatic N) is 2. The first-order valence-electron chi connectivity index (χ1n) is 9.82. The van der Waals surface area contributed by atoms with E-state index < -0.39 is 11.7 Å². The van der Waals surface area contributed by atoms with E-state index in [2.05, 4.69) is 4.90 Å². The van der Waals surface area contributed by atoms with Crippen LogP contribution in [-0.2, 0) is 0 Å². The standard InChI is InChI=1S/C24H21ClF2N2O/c25-20-7-4-8-21(27)22(20)24(30)29-15-13-28(14-16-29)23(17-5-2-1-3-6-17)18-9-11-19(26)12-10-18/h1-12,23H,13-16H2/t23-/m0/s1. The summed E-state index contributed by atoms with van der Waals surface area (Å²) in [5, 5.41) is 0.121. The SMILES string of the molecule is O=C(c1c(F)cccc1Cl)N1CCN([C@@H](c2ccccc2)c2ccc(F)cc2)CC1. The molecule has 6 heteroatoms. The quantitative estimate of drug-likeness (QED) is 0.575. The van der Waals surface area contributed by atoms with E-state index in [4.69, 9.17) is 11.6 Å². The zero-order chi connectivity index (χ0) is 21.1. The van der Waals surface area contributed by atoms with Gasteiger partial charge in [-0.15, -0.1) is 0 Å². The van der Waals surface area contributed by atoms with Crippen molar-refractivity contribution in [3.8, 4) is 0 Å². The number of carbonyl (C=O) groups is 1. The predicted molar refractivity (Wildman–Crippen MR) is 114 cm³/mol. The number of piperazine rings is 1. The van der Waals surface area contributed by atoms with E-state index >= 15 is 0 Å². The fourth-order valence-corrected chi connectivity index (χ4v) is 4.18. The van der Waals surface area contributed by atoms with Gasteiger partial charge in [0.1, 0.15) is 11.6 Å². The minimum atomic E-state index is -0.608. The third kappa shape index (κ3) is 4.23. The van der Waals surface area contributed by atoms with Crippen molar-refractivity contribution >= 4 is 17.5 Å². The van der Waals surface area contributed by atoms with Crippen molar-refractivity contribution in [1.29, 1.82) is 0 Å². The Balaban J connectivity index is 1.54. The maximum absolute atomic E-state index is 14.2. The lowest BCUT2D eigenvalue weighted by Gasteiger charge is -2.40. The Morgan fingerprint density at radius 2 is 1.43 bits per heavy atom. The summed E-state index contributed by atoms with van der Waals surface area (Å²) in [7, 11) is 0. The van der Waals surface area contributed by atoms with E-state index in [0.29, 0.717) is 26.2 Å². The zero-order valence-corrected chi connectivity index (χ0v) is 17.0. The summed E-state index contributed by atoms with van der Waals surface area (Å²) >= 11 is 6.07. The molecule has 1 aliphatic heterocycles. The van der Waals surface area contributed by atoms with Crippen LogP contribution >= 0.6 is 11.6 Å². The van der Waals surface area contributed by atoms with E-state index in [-0.39, 0.29) is 22.4 Å². The molecule has 1 atom stereocenters. The Labute approximate surface area is 179 Å². The lowest BCUT2D eigenvalue weighted by atomic mass is 9.96. The molecule has 1 fully saturated rings. The highest BCUT2D eigenvalue weighted by Crippen LogP contribution is 2.30. The molecule has 0 spiro atoms. The molecule has 154 valence electrons. The predicted octanol–water partition coefficient (Wildman–Crippen LogP) is 5.17. The molecule has 3 nitrogen and oxygen atoms in total. The first-order chi connectivity index (χ1) is 14.5. The van der Waals surface area contributed by atoms with Crippen molar-refractivity contribution in [2.75, 3.05) is 26.2 Å². The molecule has 0 radical (unpaired) electrons. The maximum atomic E-state index is 14.2. The monoisotopic (exact) mass is 426 g/mol. The largest absolute Gasteiger partial charge is 0.336 e. The first-order valence-corrected chi connectivity index (χ1v) is 10.2. The van der Waals surface area contributed by atoms with E-state index in [1.165, 1.54) is 30.3 Å². The number of carbonyl (C=O) groups excluding carboxylic acids is 1. The van der Waals surface area contributed by atoms with E-state index in [0.717, 1.165) is 11.1 Å². The van der Waals surface area contributed by atoms with Crippen LogP contribution < -0.4 is 0 Å². The number of benzene rings is 3. The summed E-state index contributed by atoms with van der Waals surface area (Å²) in [5.74, 6) is -1.28. The number of hydrogen-bond acceptors (Lipinski definition) is 2. The Bertz CT molecular complexity index is 999. The third-order valence-electron chi connectivity index (χ3n) is 5.44. The van der Waals surface area contributed by atoms with Crippen LogP contribution in [0.4, 0.5) is 8.78 Å². The topological polar surface area (TPSA) is 23.6 Å². The fourth-order valence-electron chi connectivity index (χ4n) is 3.94. The molecule has 0 N–H and O–H groups in total. The van der Waals surface area contributed by atoms with Crippen molar-refractivity contribution in [1.82, 2.24) is 9.80 Å². The Morgan fingerprint density at radius 3 is 2.07 bits per heavy atom. The van der Waals surface area contributed by atoms with E-state index in [1.807, 2.05) is 30.3 Å². The molecular formula is C24H21ClF2N2O. The molecule has 4 rings (SSSR count). The van der Waals surface area contributed by atoms with Gasteiger partial charge in [-0.25, -0.2) is 8.78 Å². The number of hydrogen-bond donors (Lipinski definition) is 0. The van der Waals surface area contributed by atoms with Gasteiger partial charge >= 0.3 is 0 Å². The van der Waals surface area contributed by atoms with Gasteiger partial charge in [0.25, 0.3) is 5.91 Å². The van der Waals surface area contributed by atoms with Gasteiger partial charge in [0, 0.05) is 26.2 Å². The van der Waals surface area contributed by atoms with Crippen molar-refractivity contribution < 1.29 is 13.6 Å². The summed E-state index contributed by atoms with van der Waals surface area (Å²) < 4.78 is 27.6. The van der Waals surface area contributed by atoms with Gasteiger partial charge in [0.2, 0.25) is 0 Å². The average Bonchev–Trinajstić information content (AvgIpc) is 2.76. The lowest BCUT2D eigenvalue weighted by Crippen LogP contribution is -2.50. The average molecular weight is 427 g/mol. The van der Waals surface area contributed by atoms with Gasteiger partial charge in [0.15, 0.2) is 0 Å².